The lowest BCUT2D eigenvalue weighted by molar-refractivity contribution is 0.764. The summed E-state index contributed by atoms with van der Waals surface area (Å²) in [6, 6.07) is 12.4. The van der Waals surface area contributed by atoms with Gasteiger partial charge in [0.15, 0.2) is 17.4 Å². The van der Waals surface area contributed by atoms with Crippen LogP contribution in [0.1, 0.15) is 23.9 Å². The molecule has 136 valence electrons. The second-order valence-electron chi connectivity index (χ2n) is 5.91. The van der Waals surface area contributed by atoms with Gasteiger partial charge in [-0.05, 0) is 49.4 Å². The molecule has 0 radical (unpaired) electrons. The highest BCUT2D eigenvalue weighted by molar-refractivity contribution is 7.98. The number of aryl methyl sites for hydroxylation is 1. The van der Waals surface area contributed by atoms with E-state index in [2.05, 4.69) is 59.1 Å². The van der Waals surface area contributed by atoms with Crippen LogP contribution in [0.15, 0.2) is 52.5 Å². The summed E-state index contributed by atoms with van der Waals surface area (Å²) in [6.45, 7) is 6.16. The Morgan fingerprint density at radius 1 is 1.19 bits per heavy atom. The third-order valence-corrected chi connectivity index (χ3v) is 4.81. The number of nitrogens with one attached hydrogen (secondary N) is 2. The van der Waals surface area contributed by atoms with Crippen LogP contribution in [0.3, 0.4) is 0 Å². The first-order chi connectivity index (χ1) is 12.7. The van der Waals surface area contributed by atoms with Gasteiger partial charge in [0.05, 0.1) is 13.1 Å². The molecule has 2 N–H and O–H groups in total. The van der Waals surface area contributed by atoms with Gasteiger partial charge in [-0.3, -0.25) is 4.40 Å². The van der Waals surface area contributed by atoms with E-state index in [0.29, 0.717) is 13.1 Å². The van der Waals surface area contributed by atoms with Crippen molar-refractivity contribution in [3.05, 3.63) is 59.5 Å². The van der Waals surface area contributed by atoms with Crippen molar-refractivity contribution in [2.45, 2.75) is 31.8 Å². The van der Waals surface area contributed by atoms with Crippen molar-refractivity contribution < 1.29 is 0 Å². The monoisotopic (exact) mass is 368 g/mol. The fraction of sp³-hybridized carbons (Fsp3) is 0.316. The predicted octanol–water partition coefficient (Wildman–Crippen LogP) is 3.01. The Labute approximate surface area is 158 Å². The van der Waals surface area contributed by atoms with Crippen LogP contribution in [0.25, 0.3) is 5.65 Å². The maximum atomic E-state index is 4.73. The molecule has 1 aromatic carbocycles. The van der Waals surface area contributed by atoms with Crippen molar-refractivity contribution in [3.8, 4) is 0 Å². The second-order valence-corrected chi connectivity index (χ2v) is 6.76. The van der Waals surface area contributed by atoms with Gasteiger partial charge < -0.3 is 10.6 Å². The van der Waals surface area contributed by atoms with Crippen molar-refractivity contribution in [3.63, 3.8) is 0 Å². The van der Waals surface area contributed by atoms with Crippen LogP contribution in [0.2, 0.25) is 0 Å². The Hall–Kier alpha value is -2.54. The minimum atomic E-state index is 0.556. The number of hydrogen-bond donors (Lipinski definition) is 2. The fourth-order valence-corrected chi connectivity index (χ4v) is 3.36. The SMILES string of the molecule is CCNC(=NCc1ccc(C)cc1SC)NCc1nnc2ccccn12. The Morgan fingerprint density at radius 2 is 2.08 bits per heavy atom. The lowest BCUT2D eigenvalue weighted by Gasteiger charge is -2.12. The van der Waals surface area contributed by atoms with Gasteiger partial charge in [-0.2, -0.15) is 0 Å². The van der Waals surface area contributed by atoms with E-state index < -0.39 is 0 Å². The van der Waals surface area contributed by atoms with Crippen LogP contribution in [-0.4, -0.2) is 33.4 Å². The van der Waals surface area contributed by atoms with Crippen LogP contribution >= 0.6 is 11.8 Å². The van der Waals surface area contributed by atoms with E-state index >= 15 is 0 Å². The average Bonchev–Trinajstić information content (AvgIpc) is 3.08. The summed E-state index contributed by atoms with van der Waals surface area (Å²) in [6.07, 6.45) is 4.06. The van der Waals surface area contributed by atoms with Gasteiger partial charge in [-0.1, -0.05) is 18.2 Å². The maximum Gasteiger partial charge on any atom is 0.191 e. The Balaban J connectivity index is 1.71. The van der Waals surface area contributed by atoms with Crippen molar-refractivity contribution in [2.75, 3.05) is 12.8 Å². The molecule has 3 aromatic rings. The lowest BCUT2D eigenvalue weighted by Crippen LogP contribution is -2.37. The van der Waals surface area contributed by atoms with Crippen LogP contribution in [0.5, 0.6) is 0 Å². The molecule has 3 rings (SSSR count). The number of pyridine rings is 1. The molecule has 0 fully saturated rings. The van der Waals surface area contributed by atoms with E-state index in [0.717, 1.165) is 24.0 Å². The molecule has 2 heterocycles. The normalized spacial score (nSPS) is 11.7. The maximum absolute atomic E-state index is 4.73. The van der Waals surface area contributed by atoms with E-state index in [1.54, 1.807) is 11.8 Å². The van der Waals surface area contributed by atoms with Crippen molar-refractivity contribution in [1.82, 2.24) is 25.2 Å². The van der Waals surface area contributed by atoms with Crippen LogP contribution in [0, 0.1) is 6.92 Å². The number of nitrogens with zero attached hydrogens (tertiary/aromatic N) is 4. The van der Waals surface area contributed by atoms with Gasteiger partial charge in [0.1, 0.15) is 0 Å². The highest BCUT2D eigenvalue weighted by Crippen LogP contribution is 2.22. The first-order valence-electron chi connectivity index (χ1n) is 8.65. The molecule has 0 spiro atoms. The molecule has 0 aliphatic heterocycles. The number of hydrogen-bond acceptors (Lipinski definition) is 4. The second kappa shape index (κ2) is 8.71. The third-order valence-electron chi connectivity index (χ3n) is 3.99. The minimum absolute atomic E-state index is 0.556. The van der Waals surface area contributed by atoms with E-state index in [1.807, 2.05) is 28.8 Å². The summed E-state index contributed by atoms with van der Waals surface area (Å²) in [5, 5.41) is 15.1. The predicted molar refractivity (Wildman–Crippen MR) is 108 cm³/mol. The van der Waals surface area contributed by atoms with Crippen molar-refractivity contribution >= 4 is 23.4 Å². The molecular formula is C19H24N6S. The van der Waals surface area contributed by atoms with Gasteiger partial charge in [-0.25, -0.2) is 4.99 Å². The van der Waals surface area contributed by atoms with Gasteiger partial charge in [0, 0.05) is 17.6 Å². The first kappa shape index (κ1) is 18.3. The number of guanidine groups is 1. The average molecular weight is 369 g/mol. The molecule has 0 amide bonds. The number of aromatic nitrogens is 3. The summed E-state index contributed by atoms with van der Waals surface area (Å²) < 4.78 is 1.97. The van der Waals surface area contributed by atoms with Gasteiger partial charge in [-0.15, -0.1) is 22.0 Å². The molecule has 0 saturated carbocycles. The summed E-state index contributed by atoms with van der Waals surface area (Å²) >= 11 is 1.76. The van der Waals surface area contributed by atoms with Gasteiger partial charge in [0.25, 0.3) is 0 Å². The van der Waals surface area contributed by atoms with Gasteiger partial charge >= 0.3 is 0 Å². The Morgan fingerprint density at radius 3 is 2.88 bits per heavy atom. The zero-order valence-electron chi connectivity index (χ0n) is 15.4. The highest BCUT2D eigenvalue weighted by atomic mass is 32.2. The molecule has 7 heteroatoms. The van der Waals surface area contributed by atoms with Crippen molar-refractivity contribution in [1.29, 1.82) is 0 Å². The standard InChI is InChI=1S/C19H24N6S/c1-4-20-19(21-12-15-9-8-14(2)11-16(15)26-3)22-13-18-24-23-17-7-5-6-10-25(17)18/h5-11H,4,12-13H2,1-3H3,(H2,20,21,22). The minimum Gasteiger partial charge on any atom is -0.357 e. The number of rotatable bonds is 6. The molecular weight excluding hydrogens is 344 g/mol. The smallest absolute Gasteiger partial charge is 0.191 e. The Kier molecular flexibility index (Phi) is 6.12. The van der Waals surface area contributed by atoms with Crippen molar-refractivity contribution in [2.24, 2.45) is 4.99 Å². The number of thioether (sulfide) groups is 1. The molecule has 0 bridgehead atoms. The zero-order chi connectivity index (χ0) is 18.4. The Bertz CT molecular complexity index is 902. The molecule has 0 atom stereocenters. The number of aliphatic imine (C=N–C) groups is 1. The van der Waals surface area contributed by atoms with Crippen LogP contribution in [-0.2, 0) is 13.1 Å². The molecule has 6 nitrogen and oxygen atoms in total. The fourth-order valence-electron chi connectivity index (χ4n) is 2.66. The summed E-state index contributed by atoms with van der Waals surface area (Å²) in [4.78, 5) is 6.00. The molecule has 0 aliphatic rings. The largest absolute Gasteiger partial charge is 0.357 e. The molecule has 0 unspecified atom stereocenters. The van der Waals surface area contributed by atoms with E-state index in [4.69, 9.17) is 4.99 Å². The lowest BCUT2D eigenvalue weighted by atomic mass is 10.1. The summed E-state index contributed by atoms with van der Waals surface area (Å²) in [7, 11) is 0. The topological polar surface area (TPSA) is 66.6 Å². The third kappa shape index (κ3) is 4.35. The van der Waals surface area contributed by atoms with Crippen LogP contribution in [0.4, 0.5) is 0 Å². The molecule has 0 saturated heterocycles. The zero-order valence-corrected chi connectivity index (χ0v) is 16.2. The molecule has 0 aliphatic carbocycles. The van der Waals surface area contributed by atoms with E-state index in [9.17, 15) is 0 Å². The van der Waals surface area contributed by atoms with E-state index in [-0.39, 0.29) is 0 Å². The van der Waals surface area contributed by atoms with Gasteiger partial charge in [0.2, 0.25) is 0 Å². The highest BCUT2D eigenvalue weighted by Gasteiger charge is 2.06. The molecule has 2 aromatic heterocycles. The van der Waals surface area contributed by atoms with E-state index in [1.165, 1.54) is 16.0 Å². The number of benzene rings is 1. The molecule has 26 heavy (non-hydrogen) atoms. The first-order valence-corrected chi connectivity index (χ1v) is 9.88. The van der Waals surface area contributed by atoms with Crippen LogP contribution < -0.4 is 10.6 Å². The summed E-state index contributed by atoms with van der Waals surface area (Å²) in [5.41, 5.74) is 3.34. The number of fused-ring (bicyclic) bond motifs is 1. The summed E-state index contributed by atoms with van der Waals surface area (Å²) in [5.74, 6) is 1.62. The quantitative estimate of drug-likeness (QED) is 0.398.